The van der Waals surface area contributed by atoms with Crippen LogP contribution in [0.1, 0.15) is 17.3 Å². The van der Waals surface area contributed by atoms with Crippen molar-refractivity contribution < 1.29 is 22.7 Å². The third-order valence-corrected chi connectivity index (χ3v) is 2.53. The number of carbonyl (C=O) groups is 1. The fraction of sp³-hybridized carbons (Fsp3) is 0.300. The van der Waals surface area contributed by atoms with Crippen molar-refractivity contribution in [1.29, 1.82) is 0 Å². The molecular weight excluding hydrogens is 324 g/mol. The molecule has 1 atom stereocenters. The van der Waals surface area contributed by atoms with Crippen LogP contribution in [0.15, 0.2) is 18.2 Å². The zero-order valence-electron chi connectivity index (χ0n) is 8.52. The molecule has 0 heterocycles. The molecule has 1 unspecified atom stereocenters. The molecule has 94 valence electrons. The van der Waals surface area contributed by atoms with E-state index in [0.717, 1.165) is 12.1 Å². The van der Waals surface area contributed by atoms with Gasteiger partial charge in [-0.2, -0.15) is 0 Å². The minimum atomic E-state index is -4.78. The van der Waals surface area contributed by atoms with Crippen LogP contribution in [0.3, 0.4) is 0 Å². The number of Topliss-reactive ketones (excluding diaryl/α,β-unsaturated/α-hetero) is 1. The number of ether oxygens (including phenoxy) is 1. The van der Waals surface area contributed by atoms with E-state index < -0.39 is 16.9 Å². The Morgan fingerprint density at radius 2 is 2.06 bits per heavy atom. The van der Waals surface area contributed by atoms with Gasteiger partial charge in [0.2, 0.25) is 0 Å². The first-order valence-corrected chi connectivity index (χ1v) is 5.73. The van der Waals surface area contributed by atoms with Crippen LogP contribution in [0.4, 0.5) is 13.2 Å². The van der Waals surface area contributed by atoms with Gasteiger partial charge in [-0.3, -0.25) is 4.79 Å². The number of halogens is 5. The number of hydrogen-bond acceptors (Lipinski definition) is 2. The van der Waals surface area contributed by atoms with Crippen molar-refractivity contribution in [1.82, 2.24) is 0 Å². The number of rotatable bonds is 3. The highest BCUT2D eigenvalue weighted by atomic mass is 79.9. The average molecular weight is 332 g/mol. The number of benzene rings is 1. The molecule has 1 aromatic carbocycles. The number of alkyl halides is 4. The Morgan fingerprint density at radius 3 is 2.47 bits per heavy atom. The third-order valence-electron chi connectivity index (χ3n) is 1.80. The van der Waals surface area contributed by atoms with Crippen LogP contribution < -0.4 is 4.74 Å². The standard InChI is InChI=1S/C10H7BrClF3O2/c1-5(11)9(16)7-3-2-6(4-8(7)12)17-10(13,14)15/h2-5H,1H3. The molecule has 0 aliphatic heterocycles. The van der Waals surface area contributed by atoms with Crippen LogP contribution in [0.2, 0.25) is 5.02 Å². The molecule has 0 aliphatic carbocycles. The maximum absolute atomic E-state index is 11.9. The van der Waals surface area contributed by atoms with Gasteiger partial charge in [-0.05, 0) is 25.1 Å². The second kappa shape index (κ2) is 5.27. The minimum Gasteiger partial charge on any atom is -0.406 e. The van der Waals surface area contributed by atoms with Crippen molar-refractivity contribution in [3.8, 4) is 5.75 Å². The molecule has 0 saturated heterocycles. The zero-order valence-corrected chi connectivity index (χ0v) is 10.9. The van der Waals surface area contributed by atoms with Crippen LogP contribution >= 0.6 is 27.5 Å². The summed E-state index contributed by atoms with van der Waals surface area (Å²) in [7, 11) is 0. The first-order chi connectivity index (χ1) is 7.70. The van der Waals surface area contributed by atoms with E-state index in [-0.39, 0.29) is 16.4 Å². The molecule has 0 amide bonds. The van der Waals surface area contributed by atoms with Gasteiger partial charge in [-0.25, -0.2) is 0 Å². The summed E-state index contributed by atoms with van der Waals surface area (Å²) in [5.41, 5.74) is 0.144. The molecule has 2 nitrogen and oxygen atoms in total. The van der Waals surface area contributed by atoms with Crippen LogP contribution in [0.5, 0.6) is 5.75 Å². The predicted molar refractivity (Wildman–Crippen MR) is 60.9 cm³/mol. The maximum atomic E-state index is 11.9. The molecular formula is C10H7BrClF3O2. The smallest absolute Gasteiger partial charge is 0.406 e. The van der Waals surface area contributed by atoms with Gasteiger partial charge in [0.15, 0.2) is 5.78 Å². The summed E-state index contributed by atoms with van der Waals surface area (Å²) in [4.78, 5) is 11.1. The number of hydrogen-bond donors (Lipinski definition) is 0. The van der Waals surface area contributed by atoms with Crippen LogP contribution in [-0.4, -0.2) is 17.0 Å². The molecule has 7 heteroatoms. The summed E-state index contributed by atoms with van der Waals surface area (Å²) in [6, 6.07) is 3.20. The van der Waals surface area contributed by atoms with Gasteiger partial charge in [0.1, 0.15) is 5.75 Å². The van der Waals surface area contributed by atoms with Crippen molar-refractivity contribution in [2.75, 3.05) is 0 Å². The lowest BCUT2D eigenvalue weighted by atomic mass is 10.1. The van der Waals surface area contributed by atoms with E-state index in [9.17, 15) is 18.0 Å². The Hall–Kier alpha value is -0.750. The van der Waals surface area contributed by atoms with Gasteiger partial charge in [-0.1, -0.05) is 27.5 Å². The molecule has 1 rings (SSSR count). The zero-order chi connectivity index (χ0) is 13.2. The van der Waals surface area contributed by atoms with Gasteiger partial charge in [0, 0.05) is 5.56 Å². The summed E-state index contributed by atoms with van der Waals surface area (Å²) in [6.45, 7) is 1.60. The highest BCUT2D eigenvalue weighted by Gasteiger charge is 2.31. The molecule has 0 spiro atoms. The summed E-state index contributed by atoms with van der Waals surface area (Å²) in [5.74, 6) is -0.769. The molecule has 0 radical (unpaired) electrons. The van der Waals surface area contributed by atoms with E-state index in [4.69, 9.17) is 11.6 Å². The summed E-state index contributed by atoms with van der Waals surface area (Å²) < 4.78 is 39.4. The Labute approximate surface area is 109 Å². The van der Waals surface area contributed by atoms with E-state index in [1.807, 2.05) is 0 Å². The number of carbonyl (C=O) groups excluding carboxylic acids is 1. The highest BCUT2D eigenvalue weighted by Crippen LogP contribution is 2.28. The minimum absolute atomic E-state index is 0.0805. The van der Waals surface area contributed by atoms with Gasteiger partial charge < -0.3 is 4.74 Å². The molecule has 0 N–H and O–H groups in total. The van der Waals surface area contributed by atoms with Crippen molar-refractivity contribution in [3.05, 3.63) is 28.8 Å². The summed E-state index contributed by atoms with van der Waals surface area (Å²) in [5, 5.41) is -0.0805. The van der Waals surface area contributed by atoms with E-state index in [0.29, 0.717) is 0 Å². The van der Waals surface area contributed by atoms with E-state index in [1.165, 1.54) is 6.07 Å². The topological polar surface area (TPSA) is 26.3 Å². The van der Waals surface area contributed by atoms with Crippen LogP contribution in [0, 0.1) is 0 Å². The molecule has 1 aromatic rings. The van der Waals surface area contributed by atoms with Gasteiger partial charge in [-0.15, -0.1) is 13.2 Å². The van der Waals surface area contributed by atoms with Gasteiger partial charge in [0.25, 0.3) is 0 Å². The maximum Gasteiger partial charge on any atom is 0.573 e. The lowest BCUT2D eigenvalue weighted by Gasteiger charge is -2.11. The van der Waals surface area contributed by atoms with Crippen LogP contribution in [0.25, 0.3) is 0 Å². The van der Waals surface area contributed by atoms with Crippen molar-refractivity contribution in [2.45, 2.75) is 18.1 Å². The van der Waals surface area contributed by atoms with Gasteiger partial charge in [0.05, 0.1) is 9.85 Å². The molecule has 0 aliphatic rings. The molecule has 0 bridgehead atoms. The fourth-order valence-electron chi connectivity index (χ4n) is 1.11. The fourth-order valence-corrected chi connectivity index (χ4v) is 1.62. The first-order valence-electron chi connectivity index (χ1n) is 4.44. The van der Waals surface area contributed by atoms with E-state index in [1.54, 1.807) is 6.92 Å². The van der Waals surface area contributed by atoms with Crippen molar-refractivity contribution in [3.63, 3.8) is 0 Å². The summed E-state index contributed by atoms with van der Waals surface area (Å²) in [6.07, 6.45) is -4.78. The first kappa shape index (κ1) is 14.3. The Morgan fingerprint density at radius 1 is 1.47 bits per heavy atom. The van der Waals surface area contributed by atoms with Crippen molar-refractivity contribution >= 4 is 33.3 Å². The predicted octanol–water partition coefficient (Wildman–Crippen LogP) is 4.20. The van der Waals surface area contributed by atoms with Gasteiger partial charge >= 0.3 is 6.36 Å². The molecule has 0 aromatic heterocycles. The summed E-state index contributed by atoms with van der Waals surface area (Å²) >= 11 is 8.77. The van der Waals surface area contributed by atoms with Crippen molar-refractivity contribution in [2.24, 2.45) is 0 Å². The molecule has 0 fully saturated rings. The SMILES string of the molecule is CC(Br)C(=O)c1ccc(OC(F)(F)F)cc1Cl. The molecule has 0 saturated carbocycles. The normalized spacial score (nSPS) is 13.3. The largest absolute Gasteiger partial charge is 0.573 e. The van der Waals surface area contributed by atoms with Crippen LogP contribution in [-0.2, 0) is 0 Å². The molecule has 17 heavy (non-hydrogen) atoms. The Bertz CT molecular complexity index is 432. The lowest BCUT2D eigenvalue weighted by molar-refractivity contribution is -0.274. The third kappa shape index (κ3) is 4.20. The Balaban J connectivity index is 2.98. The quantitative estimate of drug-likeness (QED) is 0.613. The second-order valence-corrected chi connectivity index (χ2v) is 4.95. The average Bonchev–Trinajstić information content (AvgIpc) is 2.14. The van der Waals surface area contributed by atoms with E-state index >= 15 is 0 Å². The highest BCUT2D eigenvalue weighted by molar-refractivity contribution is 9.10. The second-order valence-electron chi connectivity index (χ2n) is 3.17. The van der Waals surface area contributed by atoms with E-state index in [2.05, 4.69) is 20.7 Å². The Kier molecular flexibility index (Phi) is 4.43. The number of ketones is 1. The lowest BCUT2D eigenvalue weighted by Crippen LogP contribution is -2.17. The monoisotopic (exact) mass is 330 g/mol.